The third-order valence-corrected chi connectivity index (χ3v) is 2.72. The van der Waals surface area contributed by atoms with Gasteiger partial charge in [-0.15, -0.1) is 0 Å². The fourth-order valence-corrected chi connectivity index (χ4v) is 1.90. The number of halogens is 2. The lowest BCUT2D eigenvalue weighted by Crippen LogP contribution is -2.03. The van der Waals surface area contributed by atoms with Crippen LogP contribution < -0.4 is 5.73 Å². The summed E-state index contributed by atoms with van der Waals surface area (Å²) in [5.41, 5.74) is 6.95. The number of anilines is 1. The lowest BCUT2D eigenvalue weighted by Gasteiger charge is -2.04. The van der Waals surface area contributed by atoms with Crippen LogP contribution >= 0.6 is 0 Å². The van der Waals surface area contributed by atoms with Crippen LogP contribution in [0, 0.1) is 11.6 Å². The molecule has 2 heterocycles. The summed E-state index contributed by atoms with van der Waals surface area (Å²) in [6, 6.07) is 3.75. The Labute approximate surface area is 101 Å². The molecule has 2 aromatic heterocycles. The average molecular weight is 249 g/mol. The van der Waals surface area contributed by atoms with Crippen molar-refractivity contribution in [3.8, 4) is 0 Å². The number of nitrogen functional groups attached to an aromatic ring is 1. The second kappa shape index (κ2) is 3.83. The summed E-state index contributed by atoms with van der Waals surface area (Å²) < 4.78 is 33.2. The molecule has 0 radical (unpaired) electrons. The lowest BCUT2D eigenvalue weighted by molar-refractivity contribution is 0.562. The van der Waals surface area contributed by atoms with Crippen molar-refractivity contribution in [2.45, 2.75) is 6.54 Å². The zero-order valence-electron chi connectivity index (χ0n) is 9.23. The van der Waals surface area contributed by atoms with Gasteiger partial charge in [0.2, 0.25) is 5.95 Å². The number of nitrogens with two attached hydrogens (primary N) is 1. The molecule has 0 bridgehead atoms. The summed E-state index contributed by atoms with van der Waals surface area (Å²) in [5.74, 6) is -1.24. The fourth-order valence-electron chi connectivity index (χ4n) is 1.90. The molecule has 18 heavy (non-hydrogen) atoms. The van der Waals surface area contributed by atoms with Gasteiger partial charge in [-0.05, 0) is 6.07 Å². The minimum atomic E-state index is -0.720. The van der Waals surface area contributed by atoms with Gasteiger partial charge in [0.25, 0.3) is 0 Å². The third-order valence-electron chi connectivity index (χ3n) is 2.72. The Morgan fingerprint density at radius 1 is 1.33 bits per heavy atom. The van der Waals surface area contributed by atoms with Gasteiger partial charge in [-0.2, -0.15) is 0 Å². The van der Waals surface area contributed by atoms with Crippen LogP contribution in [0.1, 0.15) is 5.56 Å². The number of imidazole rings is 1. The summed E-state index contributed by atoms with van der Waals surface area (Å²) in [6.45, 7) is 0.349. The second-order valence-electron chi connectivity index (χ2n) is 3.94. The van der Waals surface area contributed by atoms with Gasteiger partial charge in [0.05, 0.1) is 24.6 Å². The molecule has 4 nitrogen and oxygen atoms in total. The Morgan fingerprint density at radius 3 is 2.89 bits per heavy atom. The first-order chi connectivity index (χ1) is 8.65. The zero-order valence-corrected chi connectivity index (χ0v) is 9.23. The van der Waals surface area contributed by atoms with E-state index < -0.39 is 11.6 Å². The molecule has 92 valence electrons. The maximum absolute atomic E-state index is 13.5. The number of furan rings is 1. The van der Waals surface area contributed by atoms with Gasteiger partial charge in [-0.1, -0.05) is 0 Å². The number of benzene rings is 1. The van der Waals surface area contributed by atoms with Crippen LogP contribution in [-0.4, -0.2) is 9.55 Å². The molecule has 0 aliphatic carbocycles. The molecule has 0 aliphatic heterocycles. The zero-order chi connectivity index (χ0) is 12.7. The second-order valence-corrected chi connectivity index (χ2v) is 3.94. The van der Waals surface area contributed by atoms with Gasteiger partial charge < -0.3 is 14.7 Å². The number of rotatable bonds is 2. The molecule has 6 heteroatoms. The van der Waals surface area contributed by atoms with Crippen molar-refractivity contribution >= 4 is 17.0 Å². The number of hydrogen-bond donors (Lipinski definition) is 1. The van der Waals surface area contributed by atoms with Crippen LogP contribution in [-0.2, 0) is 6.54 Å². The SMILES string of the molecule is Nc1nc2c(F)cc(F)cc2n1Cc1ccoc1. The molecule has 0 unspecified atom stereocenters. The van der Waals surface area contributed by atoms with Gasteiger partial charge in [0.15, 0.2) is 5.82 Å². The van der Waals surface area contributed by atoms with E-state index in [2.05, 4.69) is 4.98 Å². The molecule has 3 rings (SSSR count). The van der Waals surface area contributed by atoms with E-state index in [1.54, 1.807) is 12.3 Å². The number of fused-ring (bicyclic) bond motifs is 1. The first kappa shape index (κ1) is 10.8. The molecular weight excluding hydrogens is 240 g/mol. The highest BCUT2D eigenvalue weighted by atomic mass is 19.1. The van der Waals surface area contributed by atoms with Gasteiger partial charge >= 0.3 is 0 Å². The molecule has 0 fully saturated rings. The van der Waals surface area contributed by atoms with E-state index in [1.165, 1.54) is 16.9 Å². The maximum Gasteiger partial charge on any atom is 0.201 e. The van der Waals surface area contributed by atoms with E-state index in [-0.39, 0.29) is 11.5 Å². The third kappa shape index (κ3) is 1.62. The van der Waals surface area contributed by atoms with Crippen molar-refractivity contribution in [1.29, 1.82) is 0 Å². The molecule has 0 amide bonds. The van der Waals surface area contributed by atoms with Crippen molar-refractivity contribution in [3.05, 3.63) is 47.9 Å². The Morgan fingerprint density at radius 2 is 2.17 bits per heavy atom. The van der Waals surface area contributed by atoms with Crippen LogP contribution in [0.3, 0.4) is 0 Å². The van der Waals surface area contributed by atoms with Crippen LogP contribution in [0.4, 0.5) is 14.7 Å². The maximum atomic E-state index is 13.5. The first-order valence-corrected chi connectivity index (χ1v) is 5.27. The van der Waals surface area contributed by atoms with Crippen LogP contribution in [0.5, 0.6) is 0 Å². The van der Waals surface area contributed by atoms with E-state index in [0.29, 0.717) is 12.1 Å². The summed E-state index contributed by atoms with van der Waals surface area (Å²) in [5, 5.41) is 0. The topological polar surface area (TPSA) is 57.0 Å². The van der Waals surface area contributed by atoms with Crippen molar-refractivity contribution in [2.24, 2.45) is 0 Å². The van der Waals surface area contributed by atoms with Crippen LogP contribution in [0.15, 0.2) is 35.1 Å². The minimum absolute atomic E-state index is 0.0670. The normalized spacial score (nSPS) is 11.2. The van der Waals surface area contributed by atoms with E-state index in [1.807, 2.05) is 0 Å². The Balaban J connectivity index is 2.19. The lowest BCUT2D eigenvalue weighted by atomic mass is 10.2. The predicted molar refractivity (Wildman–Crippen MR) is 61.9 cm³/mol. The Hall–Kier alpha value is -2.37. The van der Waals surface area contributed by atoms with Crippen LogP contribution in [0.2, 0.25) is 0 Å². The summed E-state index contributed by atoms with van der Waals surface area (Å²) in [7, 11) is 0. The summed E-state index contributed by atoms with van der Waals surface area (Å²) in [4.78, 5) is 3.90. The van der Waals surface area contributed by atoms with Crippen molar-refractivity contribution in [1.82, 2.24) is 9.55 Å². The average Bonchev–Trinajstić information content (AvgIpc) is 2.91. The van der Waals surface area contributed by atoms with E-state index in [9.17, 15) is 8.78 Å². The molecule has 0 saturated heterocycles. The molecule has 0 atom stereocenters. The molecule has 1 aromatic carbocycles. The minimum Gasteiger partial charge on any atom is -0.472 e. The van der Waals surface area contributed by atoms with E-state index in [0.717, 1.165) is 11.6 Å². The highest BCUT2D eigenvalue weighted by molar-refractivity contribution is 5.79. The predicted octanol–water partition coefficient (Wildman–Crippen LogP) is 2.54. The van der Waals surface area contributed by atoms with Gasteiger partial charge in [0.1, 0.15) is 11.3 Å². The Bertz CT molecular complexity index is 704. The van der Waals surface area contributed by atoms with Gasteiger partial charge in [-0.25, -0.2) is 13.8 Å². The molecular formula is C12H9F2N3O. The summed E-state index contributed by atoms with van der Waals surface area (Å²) >= 11 is 0. The monoisotopic (exact) mass is 249 g/mol. The van der Waals surface area contributed by atoms with Crippen molar-refractivity contribution in [3.63, 3.8) is 0 Å². The van der Waals surface area contributed by atoms with E-state index >= 15 is 0 Å². The first-order valence-electron chi connectivity index (χ1n) is 5.27. The van der Waals surface area contributed by atoms with E-state index in [4.69, 9.17) is 10.2 Å². The van der Waals surface area contributed by atoms with Gasteiger partial charge in [-0.3, -0.25) is 0 Å². The highest BCUT2D eigenvalue weighted by Gasteiger charge is 2.14. The fraction of sp³-hybridized carbons (Fsp3) is 0.0833. The number of nitrogens with zero attached hydrogens (tertiary/aromatic N) is 2. The van der Waals surface area contributed by atoms with Gasteiger partial charge in [0, 0.05) is 17.7 Å². The van der Waals surface area contributed by atoms with Crippen molar-refractivity contribution in [2.75, 3.05) is 5.73 Å². The number of hydrogen-bond acceptors (Lipinski definition) is 3. The molecule has 0 spiro atoms. The standard InChI is InChI=1S/C12H9F2N3O/c13-8-3-9(14)11-10(4-8)17(12(15)16-11)5-7-1-2-18-6-7/h1-4,6H,5H2,(H2,15,16). The Kier molecular flexibility index (Phi) is 2.29. The molecule has 0 saturated carbocycles. The molecule has 0 aliphatic rings. The summed E-state index contributed by atoms with van der Waals surface area (Å²) in [6.07, 6.45) is 3.06. The quantitative estimate of drug-likeness (QED) is 0.759. The number of aromatic nitrogens is 2. The smallest absolute Gasteiger partial charge is 0.201 e. The molecule has 3 aromatic rings. The largest absolute Gasteiger partial charge is 0.472 e. The van der Waals surface area contributed by atoms with Crippen molar-refractivity contribution < 1.29 is 13.2 Å². The molecule has 2 N–H and O–H groups in total. The van der Waals surface area contributed by atoms with Crippen LogP contribution in [0.25, 0.3) is 11.0 Å². The highest BCUT2D eigenvalue weighted by Crippen LogP contribution is 2.23.